The Labute approximate surface area is 95.4 Å². The van der Waals surface area contributed by atoms with E-state index in [9.17, 15) is 18.0 Å². The van der Waals surface area contributed by atoms with Gasteiger partial charge in [-0.05, 0) is 17.7 Å². The Morgan fingerprint density at radius 2 is 1.88 bits per heavy atom. The molecule has 0 aromatic heterocycles. The van der Waals surface area contributed by atoms with E-state index in [1.807, 2.05) is 0 Å². The molecule has 0 saturated carbocycles. The van der Waals surface area contributed by atoms with Crippen LogP contribution in [0.1, 0.15) is 17.0 Å². The molecular formula is C11H8F3NO2. The highest BCUT2D eigenvalue weighted by atomic mass is 19.4. The molecule has 1 aromatic rings. The van der Waals surface area contributed by atoms with Crippen molar-refractivity contribution in [1.82, 2.24) is 0 Å². The molecule has 1 atom stereocenters. The molecule has 90 valence electrons. The van der Waals surface area contributed by atoms with Crippen LogP contribution in [0.5, 0.6) is 0 Å². The first kappa shape index (κ1) is 13.0. The fourth-order valence-electron chi connectivity index (χ4n) is 1.25. The second-order valence-electron chi connectivity index (χ2n) is 3.21. The van der Waals surface area contributed by atoms with Crippen molar-refractivity contribution in [3.8, 4) is 6.07 Å². The van der Waals surface area contributed by atoms with Crippen LogP contribution in [0.2, 0.25) is 0 Å². The third-order valence-electron chi connectivity index (χ3n) is 2.14. The zero-order chi connectivity index (χ0) is 13.1. The van der Waals surface area contributed by atoms with E-state index in [0.717, 1.165) is 31.4 Å². The van der Waals surface area contributed by atoms with Crippen molar-refractivity contribution in [2.45, 2.75) is 12.1 Å². The highest BCUT2D eigenvalue weighted by Gasteiger charge is 2.30. The first-order chi connectivity index (χ1) is 7.90. The third-order valence-corrected chi connectivity index (χ3v) is 2.14. The van der Waals surface area contributed by atoms with E-state index in [1.54, 1.807) is 6.07 Å². The number of rotatable bonds is 2. The molecule has 0 saturated heterocycles. The van der Waals surface area contributed by atoms with Crippen molar-refractivity contribution in [3.05, 3.63) is 35.4 Å². The second kappa shape index (κ2) is 4.87. The maximum absolute atomic E-state index is 12.3. The van der Waals surface area contributed by atoms with E-state index in [0.29, 0.717) is 0 Å². The molecule has 0 N–H and O–H groups in total. The number of nitriles is 1. The lowest BCUT2D eigenvalue weighted by molar-refractivity contribution is -0.141. The van der Waals surface area contributed by atoms with Gasteiger partial charge in [0.05, 0.1) is 18.7 Å². The lowest BCUT2D eigenvalue weighted by Gasteiger charge is -2.09. The molecule has 0 fully saturated rings. The number of hydrogen-bond acceptors (Lipinski definition) is 3. The van der Waals surface area contributed by atoms with Gasteiger partial charge in [0.25, 0.3) is 0 Å². The topological polar surface area (TPSA) is 50.1 Å². The molecule has 0 aliphatic rings. The van der Waals surface area contributed by atoms with E-state index in [1.165, 1.54) is 0 Å². The minimum absolute atomic E-state index is 0.173. The normalized spacial score (nSPS) is 12.6. The van der Waals surface area contributed by atoms with Crippen LogP contribution in [0, 0.1) is 11.3 Å². The average Bonchev–Trinajstić information content (AvgIpc) is 2.29. The maximum Gasteiger partial charge on any atom is 0.416 e. The van der Waals surface area contributed by atoms with E-state index in [4.69, 9.17) is 5.26 Å². The van der Waals surface area contributed by atoms with Crippen molar-refractivity contribution in [1.29, 1.82) is 5.26 Å². The molecule has 0 aliphatic heterocycles. The van der Waals surface area contributed by atoms with E-state index < -0.39 is 23.6 Å². The number of benzene rings is 1. The molecule has 3 nitrogen and oxygen atoms in total. The number of esters is 1. The summed E-state index contributed by atoms with van der Waals surface area (Å²) in [6, 6.07) is 5.50. The summed E-state index contributed by atoms with van der Waals surface area (Å²) in [5, 5.41) is 8.74. The summed E-state index contributed by atoms with van der Waals surface area (Å²) in [7, 11) is 1.11. The highest BCUT2D eigenvalue weighted by Crippen LogP contribution is 2.30. The first-order valence-corrected chi connectivity index (χ1v) is 4.54. The minimum Gasteiger partial charge on any atom is -0.468 e. The van der Waals surface area contributed by atoms with Crippen LogP contribution in [-0.2, 0) is 15.7 Å². The van der Waals surface area contributed by atoms with E-state index in [2.05, 4.69) is 4.74 Å². The Bertz CT molecular complexity index is 445. The van der Waals surface area contributed by atoms with Gasteiger partial charge in [0.2, 0.25) is 0 Å². The van der Waals surface area contributed by atoms with Gasteiger partial charge in [0.15, 0.2) is 5.92 Å². The average molecular weight is 243 g/mol. The molecule has 6 heteroatoms. The SMILES string of the molecule is COC(=O)C(C#N)c1ccc(C(F)(F)F)cc1. The van der Waals surface area contributed by atoms with Gasteiger partial charge < -0.3 is 4.74 Å². The maximum atomic E-state index is 12.3. The van der Waals surface area contributed by atoms with Gasteiger partial charge in [-0.2, -0.15) is 18.4 Å². The quantitative estimate of drug-likeness (QED) is 0.750. The third kappa shape index (κ3) is 2.97. The molecule has 0 aliphatic carbocycles. The molecule has 0 spiro atoms. The van der Waals surface area contributed by atoms with Crippen LogP contribution in [-0.4, -0.2) is 13.1 Å². The molecule has 0 amide bonds. The summed E-state index contributed by atoms with van der Waals surface area (Å²) in [5.41, 5.74) is -0.657. The molecular weight excluding hydrogens is 235 g/mol. The minimum atomic E-state index is -4.44. The largest absolute Gasteiger partial charge is 0.468 e. The van der Waals surface area contributed by atoms with Crippen LogP contribution < -0.4 is 0 Å². The molecule has 17 heavy (non-hydrogen) atoms. The fraction of sp³-hybridized carbons (Fsp3) is 0.273. The highest BCUT2D eigenvalue weighted by molar-refractivity contribution is 5.81. The molecule has 1 aromatic carbocycles. The summed E-state index contributed by atoms with van der Waals surface area (Å²) in [4.78, 5) is 11.2. The van der Waals surface area contributed by atoms with Gasteiger partial charge in [-0.25, -0.2) is 0 Å². The summed E-state index contributed by atoms with van der Waals surface area (Å²) >= 11 is 0. The monoisotopic (exact) mass is 243 g/mol. The molecule has 0 radical (unpaired) electrons. The number of alkyl halides is 3. The van der Waals surface area contributed by atoms with Crippen LogP contribution in [0.3, 0.4) is 0 Å². The number of carbonyl (C=O) groups is 1. The van der Waals surface area contributed by atoms with Gasteiger partial charge in [-0.3, -0.25) is 4.79 Å². The number of methoxy groups -OCH3 is 1. The Kier molecular flexibility index (Phi) is 3.73. The van der Waals surface area contributed by atoms with Gasteiger partial charge in [0, 0.05) is 0 Å². The Morgan fingerprint density at radius 1 is 1.35 bits per heavy atom. The number of nitrogens with zero attached hydrogens (tertiary/aromatic N) is 1. The van der Waals surface area contributed by atoms with E-state index in [-0.39, 0.29) is 5.56 Å². The van der Waals surface area contributed by atoms with Crippen molar-refractivity contribution >= 4 is 5.97 Å². The van der Waals surface area contributed by atoms with E-state index >= 15 is 0 Å². The number of halogens is 3. The smallest absolute Gasteiger partial charge is 0.416 e. The second-order valence-corrected chi connectivity index (χ2v) is 3.21. The van der Waals surface area contributed by atoms with Crippen LogP contribution in [0.15, 0.2) is 24.3 Å². The lowest BCUT2D eigenvalue weighted by Crippen LogP contribution is -2.13. The van der Waals surface area contributed by atoms with Gasteiger partial charge in [0.1, 0.15) is 0 Å². The van der Waals surface area contributed by atoms with Crippen molar-refractivity contribution in [2.24, 2.45) is 0 Å². The van der Waals surface area contributed by atoms with Crippen molar-refractivity contribution < 1.29 is 22.7 Å². The van der Waals surface area contributed by atoms with Gasteiger partial charge >= 0.3 is 12.1 Å². The fourth-order valence-corrected chi connectivity index (χ4v) is 1.25. The summed E-state index contributed by atoms with van der Waals surface area (Å²) in [5.74, 6) is -2.01. The molecule has 1 unspecified atom stereocenters. The van der Waals surface area contributed by atoms with Gasteiger partial charge in [-0.1, -0.05) is 12.1 Å². The molecule has 1 rings (SSSR count). The Morgan fingerprint density at radius 3 is 2.24 bits per heavy atom. The van der Waals surface area contributed by atoms with Crippen LogP contribution in [0.25, 0.3) is 0 Å². The molecule has 0 bridgehead atoms. The van der Waals surface area contributed by atoms with Crippen molar-refractivity contribution in [2.75, 3.05) is 7.11 Å². The van der Waals surface area contributed by atoms with Crippen LogP contribution >= 0.6 is 0 Å². The number of carbonyl (C=O) groups excluding carboxylic acids is 1. The summed E-state index contributed by atoms with van der Waals surface area (Å²) in [6.07, 6.45) is -4.44. The number of hydrogen-bond donors (Lipinski definition) is 0. The summed E-state index contributed by atoms with van der Waals surface area (Å²) in [6.45, 7) is 0. The standard InChI is InChI=1S/C11H8F3NO2/c1-17-10(16)9(6-15)7-2-4-8(5-3-7)11(12,13)14/h2-5,9H,1H3. The summed E-state index contributed by atoms with van der Waals surface area (Å²) < 4.78 is 41.2. The zero-order valence-corrected chi connectivity index (χ0v) is 8.78. The lowest BCUT2D eigenvalue weighted by atomic mass is 9.99. The Balaban J connectivity index is 3.02. The predicted molar refractivity (Wildman–Crippen MR) is 51.8 cm³/mol. The van der Waals surface area contributed by atoms with Crippen LogP contribution in [0.4, 0.5) is 13.2 Å². The predicted octanol–water partition coefficient (Wildman–Crippen LogP) is 2.49. The number of ether oxygens (including phenoxy) is 1. The zero-order valence-electron chi connectivity index (χ0n) is 8.78. The first-order valence-electron chi connectivity index (χ1n) is 4.54. The molecule has 0 heterocycles. The Hall–Kier alpha value is -2.03. The van der Waals surface area contributed by atoms with Crippen molar-refractivity contribution in [3.63, 3.8) is 0 Å². The van der Waals surface area contributed by atoms with Gasteiger partial charge in [-0.15, -0.1) is 0 Å².